The van der Waals surface area contributed by atoms with E-state index in [4.69, 9.17) is 42.3 Å². The first-order valence-electron chi connectivity index (χ1n) is 23.4. The molecule has 1 aliphatic heterocycles. The normalized spacial score (nSPS) is 20.7. The second-order valence-electron chi connectivity index (χ2n) is 17.3. The van der Waals surface area contributed by atoms with E-state index >= 15 is 0 Å². The molecular formula is C57H50O14. The van der Waals surface area contributed by atoms with Crippen molar-refractivity contribution >= 4 is 34.8 Å². The first kappa shape index (κ1) is 47.8. The first-order chi connectivity index (χ1) is 34.7. The molecule has 14 heteroatoms. The predicted octanol–water partition coefficient (Wildman–Crippen LogP) is 9.97. The first-order valence-corrected chi connectivity index (χ1v) is 23.4. The Morgan fingerprint density at radius 3 is 1.58 bits per heavy atom. The lowest BCUT2D eigenvalue weighted by atomic mass is 9.89. The van der Waals surface area contributed by atoms with Gasteiger partial charge < -0.3 is 42.3 Å². The second-order valence-corrected chi connectivity index (χ2v) is 17.3. The van der Waals surface area contributed by atoms with E-state index in [1.807, 2.05) is 30.3 Å². The fourth-order valence-electron chi connectivity index (χ4n) is 8.45. The summed E-state index contributed by atoms with van der Waals surface area (Å²) in [5, 5.41) is 0.400. The number of ether oxygens (including phenoxy) is 8. The van der Waals surface area contributed by atoms with Gasteiger partial charge in [0.1, 0.15) is 30.7 Å². The van der Waals surface area contributed by atoms with Crippen molar-refractivity contribution in [1.29, 1.82) is 0 Å². The Morgan fingerprint density at radius 1 is 0.535 bits per heavy atom. The van der Waals surface area contributed by atoms with E-state index in [1.54, 1.807) is 97.1 Å². The van der Waals surface area contributed by atoms with E-state index in [2.05, 4.69) is 6.92 Å². The molecule has 0 amide bonds. The number of benzene rings is 6. The highest BCUT2D eigenvalue weighted by Gasteiger charge is 2.54. The van der Waals surface area contributed by atoms with E-state index in [0.717, 1.165) is 31.2 Å². The molecule has 1 aromatic heterocycles. The van der Waals surface area contributed by atoms with Crippen molar-refractivity contribution in [3.8, 4) is 17.2 Å². The second kappa shape index (κ2) is 22.5. The SMILES string of the molecule is C[C@H]1CC[C@H](Oc2c(OCc3ccccc3)c3ccc(O[C@@H]4O[C@H](COC(=O)c5ccccc5)[C@H](OC(=O)c5ccccc5)[C@H](OC(=O)c5ccccc5)[C@H]4OC(=O)c4ccccc4)cc3oc2=O)CC1. The van der Waals surface area contributed by atoms with Gasteiger partial charge in [0.05, 0.1) is 33.7 Å². The van der Waals surface area contributed by atoms with Crippen molar-refractivity contribution in [3.63, 3.8) is 0 Å². The van der Waals surface area contributed by atoms with Crippen LogP contribution in [-0.2, 0) is 30.3 Å². The Bertz CT molecular complexity index is 2980. The van der Waals surface area contributed by atoms with Crippen LogP contribution in [0.5, 0.6) is 17.2 Å². The average Bonchev–Trinajstić information content (AvgIpc) is 3.41. The van der Waals surface area contributed by atoms with Crippen molar-refractivity contribution in [2.75, 3.05) is 6.61 Å². The molecule has 7 aromatic rings. The minimum absolute atomic E-state index is 0.0442. The van der Waals surface area contributed by atoms with Crippen LogP contribution in [0, 0.1) is 5.92 Å². The number of hydrogen-bond acceptors (Lipinski definition) is 14. The maximum atomic E-state index is 14.1. The van der Waals surface area contributed by atoms with Crippen LogP contribution in [0.3, 0.4) is 0 Å². The summed E-state index contributed by atoms with van der Waals surface area (Å²) in [5.74, 6) is -2.57. The molecule has 2 heterocycles. The topological polar surface area (TPSA) is 172 Å². The molecule has 6 aromatic carbocycles. The molecule has 0 N–H and O–H groups in total. The van der Waals surface area contributed by atoms with Crippen molar-refractivity contribution in [2.24, 2.45) is 5.92 Å². The van der Waals surface area contributed by atoms with E-state index in [1.165, 1.54) is 42.5 Å². The molecule has 14 nitrogen and oxygen atoms in total. The quantitative estimate of drug-likeness (QED) is 0.0509. The van der Waals surface area contributed by atoms with E-state index in [9.17, 15) is 24.0 Å². The molecule has 1 aliphatic carbocycles. The summed E-state index contributed by atoms with van der Waals surface area (Å²) in [4.78, 5) is 69.6. The van der Waals surface area contributed by atoms with Gasteiger partial charge in [-0.1, -0.05) is 110 Å². The fourth-order valence-corrected chi connectivity index (χ4v) is 8.45. The van der Waals surface area contributed by atoms with Crippen LogP contribution in [0.25, 0.3) is 11.0 Å². The van der Waals surface area contributed by atoms with E-state index in [0.29, 0.717) is 11.3 Å². The Balaban J connectivity index is 1.12. The van der Waals surface area contributed by atoms with E-state index < -0.39 is 66.8 Å². The van der Waals surface area contributed by atoms with Crippen molar-refractivity contribution < 1.29 is 61.5 Å². The maximum Gasteiger partial charge on any atom is 0.383 e. The van der Waals surface area contributed by atoms with Crippen LogP contribution in [0.15, 0.2) is 179 Å². The number of rotatable bonds is 16. The smallest absolute Gasteiger partial charge is 0.383 e. The third-order valence-electron chi connectivity index (χ3n) is 12.3. The Labute approximate surface area is 408 Å². The van der Waals surface area contributed by atoms with Crippen LogP contribution >= 0.6 is 0 Å². The summed E-state index contributed by atoms with van der Waals surface area (Å²) in [6.45, 7) is 1.76. The van der Waals surface area contributed by atoms with Gasteiger partial charge in [-0.25, -0.2) is 24.0 Å². The predicted molar refractivity (Wildman–Crippen MR) is 258 cm³/mol. The van der Waals surface area contributed by atoms with Crippen LogP contribution in [-0.4, -0.2) is 67.3 Å². The highest BCUT2D eigenvalue weighted by Crippen LogP contribution is 2.39. The van der Waals surface area contributed by atoms with Gasteiger partial charge in [-0.15, -0.1) is 0 Å². The average molecular weight is 959 g/mol. The number of esters is 4. The van der Waals surface area contributed by atoms with Crippen LogP contribution in [0.4, 0.5) is 0 Å². The number of carbonyl (C=O) groups excluding carboxylic acids is 4. The summed E-state index contributed by atoms with van der Waals surface area (Å²) < 4.78 is 56.2. The van der Waals surface area contributed by atoms with Gasteiger partial charge in [0.2, 0.25) is 18.1 Å². The molecule has 362 valence electrons. The Kier molecular flexibility index (Phi) is 15.1. The van der Waals surface area contributed by atoms with Gasteiger partial charge in [-0.2, -0.15) is 0 Å². The number of fused-ring (bicyclic) bond motifs is 1. The van der Waals surface area contributed by atoms with Crippen molar-refractivity contribution in [2.45, 2.75) is 76.0 Å². The van der Waals surface area contributed by atoms with Gasteiger partial charge in [0.25, 0.3) is 0 Å². The van der Waals surface area contributed by atoms with E-state index in [-0.39, 0.29) is 57.8 Å². The summed E-state index contributed by atoms with van der Waals surface area (Å²) in [6.07, 6.45) is -4.79. The summed E-state index contributed by atoms with van der Waals surface area (Å²) in [7, 11) is 0. The number of carbonyl (C=O) groups is 4. The van der Waals surface area contributed by atoms with Gasteiger partial charge in [0, 0.05) is 6.07 Å². The molecule has 2 aliphatic rings. The summed E-state index contributed by atoms with van der Waals surface area (Å²) in [5.41, 5.74) is 0.774. The summed E-state index contributed by atoms with van der Waals surface area (Å²) >= 11 is 0. The molecule has 9 rings (SSSR count). The standard InChI is InChI=1S/C57H50O14/c1-36-27-29-42(30-28-36)65-50-47(63-34-37-17-7-2-8-18-37)44-32-31-43(33-45(44)67-56(50)62)66-57-51(71-55(61)41-25-15-6-16-26-41)49(70-54(60)40-23-13-5-14-24-40)48(69-53(59)39-21-11-4-12-22-39)46(68-57)35-64-52(58)38-19-9-3-10-20-38/h2-26,31-33,36,42,46,48-49,51,57H,27-30,34-35H2,1H3/t36-,42-,46-,48+,49+,51-,57-/m1/s1. The molecule has 5 atom stereocenters. The summed E-state index contributed by atoms with van der Waals surface area (Å²) in [6, 6.07) is 46.5. The molecule has 2 fully saturated rings. The van der Waals surface area contributed by atoms with Crippen LogP contribution in [0.1, 0.15) is 79.6 Å². The minimum Gasteiger partial charge on any atom is -0.484 e. The molecule has 0 spiro atoms. The van der Waals surface area contributed by atoms with Gasteiger partial charge in [0.15, 0.2) is 18.0 Å². The Morgan fingerprint density at radius 2 is 1.03 bits per heavy atom. The highest BCUT2D eigenvalue weighted by atomic mass is 16.7. The molecule has 0 radical (unpaired) electrons. The molecule has 0 bridgehead atoms. The van der Waals surface area contributed by atoms with Crippen LogP contribution < -0.4 is 19.8 Å². The minimum atomic E-state index is -1.67. The Hall–Kier alpha value is -8.23. The molecular weight excluding hydrogens is 909 g/mol. The third-order valence-corrected chi connectivity index (χ3v) is 12.3. The van der Waals surface area contributed by atoms with Crippen molar-refractivity contribution in [3.05, 3.63) is 208 Å². The van der Waals surface area contributed by atoms with Crippen molar-refractivity contribution in [1.82, 2.24) is 0 Å². The lowest BCUT2D eigenvalue weighted by Gasteiger charge is -2.44. The zero-order chi connectivity index (χ0) is 49.1. The molecule has 1 saturated heterocycles. The third kappa shape index (κ3) is 11.8. The van der Waals surface area contributed by atoms with Gasteiger partial charge in [-0.05, 0) is 97.8 Å². The molecule has 71 heavy (non-hydrogen) atoms. The fraction of sp³-hybridized carbons (Fsp3) is 0.246. The van der Waals surface area contributed by atoms with Gasteiger partial charge >= 0.3 is 29.5 Å². The monoisotopic (exact) mass is 958 g/mol. The maximum absolute atomic E-state index is 14.1. The zero-order valence-corrected chi connectivity index (χ0v) is 38.7. The largest absolute Gasteiger partial charge is 0.484 e. The molecule has 1 saturated carbocycles. The lowest BCUT2D eigenvalue weighted by Crippen LogP contribution is -2.63. The lowest BCUT2D eigenvalue weighted by molar-refractivity contribution is -0.275. The number of hydrogen-bond donors (Lipinski definition) is 0. The van der Waals surface area contributed by atoms with Crippen LogP contribution in [0.2, 0.25) is 0 Å². The highest BCUT2D eigenvalue weighted by molar-refractivity contribution is 5.92. The van der Waals surface area contributed by atoms with Gasteiger partial charge in [-0.3, -0.25) is 0 Å². The molecule has 0 unspecified atom stereocenters. The zero-order valence-electron chi connectivity index (χ0n) is 38.7.